The van der Waals surface area contributed by atoms with Gasteiger partial charge in [0.25, 0.3) is 5.91 Å². The maximum Gasteiger partial charge on any atom is 0.331 e. The highest BCUT2D eigenvalue weighted by atomic mass is 79.9. The number of esters is 1. The van der Waals surface area contributed by atoms with Crippen molar-refractivity contribution < 1.29 is 27.5 Å². The van der Waals surface area contributed by atoms with Crippen LogP contribution in [-0.2, 0) is 24.2 Å². The summed E-state index contributed by atoms with van der Waals surface area (Å²) in [5.74, 6) is -0.245. The number of benzene rings is 1. The van der Waals surface area contributed by atoms with E-state index in [9.17, 15) is 18.0 Å². The normalized spacial score (nSPS) is 18.2. The van der Waals surface area contributed by atoms with Crippen LogP contribution in [-0.4, -0.2) is 63.0 Å². The summed E-state index contributed by atoms with van der Waals surface area (Å²) < 4.78 is 34.7. The van der Waals surface area contributed by atoms with E-state index in [0.29, 0.717) is 24.3 Å². The van der Waals surface area contributed by atoms with E-state index >= 15 is 0 Å². The number of sulfone groups is 1. The van der Waals surface area contributed by atoms with Gasteiger partial charge in [0.1, 0.15) is 5.75 Å². The molecule has 1 saturated heterocycles. The molecule has 0 aliphatic carbocycles. The summed E-state index contributed by atoms with van der Waals surface area (Å²) >= 11 is 3.36. The predicted molar refractivity (Wildman–Crippen MR) is 114 cm³/mol. The zero-order valence-corrected chi connectivity index (χ0v) is 19.2. The number of rotatable bonds is 8. The molecule has 1 aromatic carbocycles. The van der Waals surface area contributed by atoms with Crippen LogP contribution >= 0.6 is 15.9 Å². The second-order valence-electron chi connectivity index (χ2n) is 7.32. The number of amides is 1. The molecule has 1 aliphatic heterocycles. The minimum absolute atomic E-state index is 0.0397. The van der Waals surface area contributed by atoms with Gasteiger partial charge >= 0.3 is 5.97 Å². The third-order valence-corrected chi connectivity index (χ3v) is 6.70. The lowest BCUT2D eigenvalue weighted by Gasteiger charge is -2.29. The van der Waals surface area contributed by atoms with Gasteiger partial charge in [-0.2, -0.15) is 0 Å². The molecule has 0 bridgehead atoms. The van der Waals surface area contributed by atoms with E-state index in [0.717, 1.165) is 4.47 Å². The topological polar surface area (TPSA) is 90.0 Å². The average Bonchev–Trinajstić information content (AvgIpc) is 3.01. The minimum Gasteiger partial charge on any atom is -0.496 e. The second-order valence-corrected chi connectivity index (χ2v) is 10.5. The van der Waals surface area contributed by atoms with Crippen molar-refractivity contribution in [3.05, 3.63) is 34.3 Å². The van der Waals surface area contributed by atoms with E-state index in [1.54, 1.807) is 18.2 Å². The molecule has 1 aromatic rings. The van der Waals surface area contributed by atoms with Crippen molar-refractivity contribution in [2.24, 2.45) is 5.92 Å². The van der Waals surface area contributed by atoms with Crippen LogP contribution in [0, 0.1) is 5.92 Å². The first-order valence-corrected chi connectivity index (χ1v) is 11.9. The summed E-state index contributed by atoms with van der Waals surface area (Å²) in [6.07, 6.45) is 3.19. The molecule has 0 saturated carbocycles. The summed E-state index contributed by atoms with van der Waals surface area (Å²) in [5.41, 5.74) is 0.683. The van der Waals surface area contributed by atoms with Crippen LogP contribution in [0.1, 0.15) is 25.8 Å². The van der Waals surface area contributed by atoms with Gasteiger partial charge in [-0.25, -0.2) is 13.2 Å². The molecule has 9 heteroatoms. The zero-order valence-electron chi connectivity index (χ0n) is 16.8. The number of ether oxygens (including phenoxy) is 2. The molecule has 1 aliphatic rings. The zero-order chi connectivity index (χ0) is 21.6. The maximum absolute atomic E-state index is 12.6. The fraction of sp³-hybridized carbons (Fsp3) is 0.500. The number of hydrogen-bond donors (Lipinski definition) is 0. The Bertz CT molecular complexity index is 881. The summed E-state index contributed by atoms with van der Waals surface area (Å²) in [6.45, 7) is 3.89. The van der Waals surface area contributed by atoms with Crippen LogP contribution in [0.3, 0.4) is 0 Å². The Hall–Kier alpha value is -1.87. The van der Waals surface area contributed by atoms with E-state index in [-0.39, 0.29) is 29.4 Å². The molecule has 0 aromatic heterocycles. The van der Waals surface area contributed by atoms with Gasteiger partial charge in [0, 0.05) is 28.7 Å². The smallest absolute Gasteiger partial charge is 0.331 e. The predicted octanol–water partition coefficient (Wildman–Crippen LogP) is 2.69. The van der Waals surface area contributed by atoms with Crippen molar-refractivity contribution >= 4 is 43.7 Å². The van der Waals surface area contributed by atoms with Crippen molar-refractivity contribution in [2.45, 2.75) is 26.3 Å². The number of hydrogen-bond acceptors (Lipinski definition) is 6. The first kappa shape index (κ1) is 23.4. The molecular formula is C20H26BrNO6S. The van der Waals surface area contributed by atoms with Crippen LogP contribution in [0.2, 0.25) is 0 Å². The highest BCUT2D eigenvalue weighted by Gasteiger charge is 2.35. The van der Waals surface area contributed by atoms with Gasteiger partial charge < -0.3 is 14.4 Å². The Kier molecular flexibility index (Phi) is 8.27. The number of nitrogens with zero attached hydrogens (tertiary/aromatic N) is 1. The Morgan fingerprint density at radius 1 is 1.34 bits per heavy atom. The standard InChI is InChI=1S/C20H26BrNO6S/c1-14(2)11-22(17-8-9-29(25,26)13-17)19(23)12-28-20(24)7-4-15-10-16(21)5-6-18(15)27-3/h4-7,10,14,17H,8-9,11-13H2,1-3H3/b7-4+. The third-order valence-electron chi connectivity index (χ3n) is 4.46. The van der Waals surface area contributed by atoms with Crippen LogP contribution < -0.4 is 4.74 Å². The van der Waals surface area contributed by atoms with Gasteiger partial charge in [-0.05, 0) is 36.6 Å². The van der Waals surface area contributed by atoms with Gasteiger partial charge in [-0.3, -0.25) is 4.79 Å². The van der Waals surface area contributed by atoms with Gasteiger partial charge in [-0.1, -0.05) is 29.8 Å². The molecule has 0 radical (unpaired) electrons. The first-order valence-electron chi connectivity index (χ1n) is 9.29. The molecule has 29 heavy (non-hydrogen) atoms. The van der Waals surface area contributed by atoms with Crippen LogP contribution in [0.15, 0.2) is 28.7 Å². The fourth-order valence-electron chi connectivity index (χ4n) is 3.13. The largest absolute Gasteiger partial charge is 0.496 e. The van der Waals surface area contributed by atoms with Gasteiger partial charge in [-0.15, -0.1) is 0 Å². The number of carbonyl (C=O) groups is 2. The second kappa shape index (κ2) is 10.2. The molecule has 160 valence electrons. The minimum atomic E-state index is -3.12. The van der Waals surface area contributed by atoms with Crippen molar-refractivity contribution in [1.29, 1.82) is 0 Å². The molecule has 1 atom stereocenters. The van der Waals surface area contributed by atoms with E-state index in [1.807, 2.05) is 19.9 Å². The summed E-state index contributed by atoms with van der Waals surface area (Å²) in [4.78, 5) is 26.2. The lowest BCUT2D eigenvalue weighted by Crippen LogP contribution is -2.45. The lowest BCUT2D eigenvalue weighted by atomic mass is 10.1. The molecule has 0 N–H and O–H groups in total. The van der Waals surface area contributed by atoms with Crippen molar-refractivity contribution in [2.75, 3.05) is 31.8 Å². The average molecular weight is 488 g/mol. The van der Waals surface area contributed by atoms with E-state index in [2.05, 4.69) is 15.9 Å². The molecule has 2 rings (SSSR count). The molecule has 1 heterocycles. The Balaban J connectivity index is 1.98. The Morgan fingerprint density at radius 2 is 2.07 bits per heavy atom. The van der Waals surface area contributed by atoms with E-state index in [1.165, 1.54) is 18.1 Å². The van der Waals surface area contributed by atoms with Crippen LogP contribution in [0.25, 0.3) is 6.08 Å². The number of methoxy groups -OCH3 is 1. The van der Waals surface area contributed by atoms with Gasteiger partial charge in [0.2, 0.25) is 0 Å². The highest BCUT2D eigenvalue weighted by molar-refractivity contribution is 9.10. The molecule has 7 nitrogen and oxygen atoms in total. The summed E-state index contributed by atoms with van der Waals surface area (Å²) in [5, 5.41) is 0. The first-order chi connectivity index (χ1) is 13.6. The van der Waals surface area contributed by atoms with Gasteiger partial charge in [0.05, 0.1) is 18.6 Å². The van der Waals surface area contributed by atoms with Crippen molar-refractivity contribution in [1.82, 2.24) is 4.90 Å². The molecule has 1 fully saturated rings. The molecule has 1 unspecified atom stereocenters. The SMILES string of the molecule is COc1ccc(Br)cc1/C=C/C(=O)OCC(=O)N(CC(C)C)C1CCS(=O)(=O)C1. The molecule has 1 amide bonds. The van der Waals surface area contributed by atoms with Crippen molar-refractivity contribution in [3.8, 4) is 5.75 Å². The Morgan fingerprint density at radius 3 is 2.66 bits per heavy atom. The van der Waals surface area contributed by atoms with E-state index < -0.39 is 22.4 Å². The quantitative estimate of drug-likeness (QED) is 0.413. The van der Waals surface area contributed by atoms with Gasteiger partial charge in [0.15, 0.2) is 16.4 Å². The summed E-state index contributed by atoms with van der Waals surface area (Å²) in [7, 11) is -1.59. The third kappa shape index (κ3) is 7.15. The van der Waals surface area contributed by atoms with Crippen LogP contribution in [0.5, 0.6) is 5.75 Å². The Labute approximate surface area is 180 Å². The monoisotopic (exact) mass is 487 g/mol. The van der Waals surface area contributed by atoms with Crippen molar-refractivity contribution in [3.63, 3.8) is 0 Å². The maximum atomic E-state index is 12.6. The lowest BCUT2D eigenvalue weighted by molar-refractivity contribution is -0.149. The van der Waals surface area contributed by atoms with Crippen LogP contribution in [0.4, 0.5) is 0 Å². The summed E-state index contributed by atoms with van der Waals surface area (Å²) in [6, 6.07) is 5.01. The highest BCUT2D eigenvalue weighted by Crippen LogP contribution is 2.24. The number of halogens is 1. The fourth-order valence-corrected chi connectivity index (χ4v) is 5.24. The van der Waals surface area contributed by atoms with E-state index in [4.69, 9.17) is 9.47 Å². The molecular weight excluding hydrogens is 462 g/mol. The number of carbonyl (C=O) groups excluding carboxylic acids is 2. The molecule has 0 spiro atoms.